The Morgan fingerprint density at radius 1 is 1.42 bits per heavy atom. The smallest absolute Gasteiger partial charge is 0.0620 e. The van der Waals surface area contributed by atoms with E-state index in [4.69, 9.17) is 4.74 Å². The minimum atomic E-state index is 0.610. The van der Waals surface area contributed by atoms with E-state index in [1.807, 2.05) is 0 Å². The highest BCUT2D eigenvalue weighted by Gasteiger charge is 2.17. The van der Waals surface area contributed by atoms with Crippen molar-refractivity contribution in [3.05, 3.63) is 0 Å². The Labute approximate surface area is 75.7 Å². The highest BCUT2D eigenvalue weighted by Crippen LogP contribution is 2.08. The molecule has 12 heavy (non-hydrogen) atoms. The minimum Gasteiger partial charge on any atom is -0.380 e. The quantitative estimate of drug-likeness (QED) is 0.696. The molecule has 1 aliphatic rings. The zero-order valence-electron chi connectivity index (χ0n) is 8.47. The minimum absolute atomic E-state index is 0.610. The summed E-state index contributed by atoms with van der Waals surface area (Å²) in [5.74, 6) is 0.787. The van der Waals surface area contributed by atoms with Gasteiger partial charge in [0.2, 0.25) is 0 Å². The fourth-order valence-corrected chi connectivity index (χ4v) is 1.84. The molecule has 1 saturated heterocycles. The number of rotatable bonds is 4. The van der Waals surface area contributed by atoms with Crippen LogP contribution in [0.15, 0.2) is 0 Å². The van der Waals surface area contributed by atoms with Gasteiger partial charge >= 0.3 is 0 Å². The lowest BCUT2D eigenvalue weighted by atomic mass is 10.0. The van der Waals surface area contributed by atoms with Crippen LogP contribution in [0, 0.1) is 5.92 Å². The molecule has 0 amide bonds. The molecule has 0 aromatic heterocycles. The maximum atomic E-state index is 5.30. The maximum Gasteiger partial charge on any atom is 0.0620 e. The van der Waals surface area contributed by atoms with E-state index in [9.17, 15) is 0 Å². The van der Waals surface area contributed by atoms with Gasteiger partial charge in [0.25, 0.3) is 0 Å². The summed E-state index contributed by atoms with van der Waals surface area (Å²) in [7, 11) is 0. The molecular weight excluding hydrogens is 150 g/mol. The lowest BCUT2D eigenvalue weighted by Crippen LogP contribution is -2.37. The van der Waals surface area contributed by atoms with Gasteiger partial charge in [0.05, 0.1) is 6.61 Å². The lowest BCUT2D eigenvalue weighted by Gasteiger charge is -2.19. The second-order valence-electron chi connectivity index (χ2n) is 4.26. The number of hydrogen-bond acceptors (Lipinski definition) is 2. The van der Waals surface area contributed by atoms with Crippen molar-refractivity contribution < 1.29 is 4.74 Å². The third-order valence-electron chi connectivity index (χ3n) is 2.27. The molecule has 1 N–H and O–H groups in total. The molecule has 2 heteroatoms. The molecule has 0 aliphatic carbocycles. The van der Waals surface area contributed by atoms with Crippen molar-refractivity contribution in [2.24, 2.45) is 5.92 Å². The number of nitrogens with one attached hydrogen (secondary N) is 1. The van der Waals surface area contributed by atoms with Gasteiger partial charge in [0, 0.05) is 18.7 Å². The van der Waals surface area contributed by atoms with Crippen LogP contribution in [-0.2, 0) is 4.74 Å². The largest absolute Gasteiger partial charge is 0.380 e. The standard InChI is InChI=1S/C10H21NO/c1-8(2)6-9(3)11-10-4-5-12-7-10/h8-11H,4-7H2,1-3H3. The van der Waals surface area contributed by atoms with E-state index >= 15 is 0 Å². The normalized spacial score (nSPS) is 26.5. The van der Waals surface area contributed by atoms with Crippen LogP contribution in [0.5, 0.6) is 0 Å². The molecule has 0 radical (unpaired) electrons. The van der Waals surface area contributed by atoms with Crippen molar-refractivity contribution in [1.29, 1.82) is 0 Å². The van der Waals surface area contributed by atoms with Crippen LogP contribution in [0.3, 0.4) is 0 Å². The van der Waals surface area contributed by atoms with Gasteiger partial charge in [-0.05, 0) is 25.7 Å². The summed E-state index contributed by atoms with van der Waals surface area (Å²) in [4.78, 5) is 0. The molecule has 0 aromatic carbocycles. The lowest BCUT2D eigenvalue weighted by molar-refractivity contribution is 0.187. The van der Waals surface area contributed by atoms with Crippen molar-refractivity contribution in [2.45, 2.75) is 45.7 Å². The molecule has 1 fully saturated rings. The molecule has 2 nitrogen and oxygen atoms in total. The Bertz CT molecular complexity index is 119. The van der Waals surface area contributed by atoms with Gasteiger partial charge in [-0.25, -0.2) is 0 Å². The van der Waals surface area contributed by atoms with E-state index < -0.39 is 0 Å². The monoisotopic (exact) mass is 171 g/mol. The second kappa shape index (κ2) is 4.83. The summed E-state index contributed by atoms with van der Waals surface area (Å²) in [5.41, 5.74) is 0. The van der Waals surface area contributed by atoms with Crippen LogP contribution in [0.1, 0.15) is 33.6 Å². The molecule has 1 rings (SSSR count). The molecule has 0 spiro atoms. The average Bonchev–Trinajstić information content (AvgIpc) is 2.37. The Balaban J connectivity index is 2.11. The first-order chi connectivity index (χ1) is 5.68. The highest BCUT2D eigenvalue weighted by molar-refractivity contribution is 4.75. The maximum absolute atomic E-state index is 5.30. The summed E-state index contributed by atoms with van der Waals surface area (Å²) in [6, 6.07) is 1.25. The van der Waals surface area contributed by atoms with Crippen molar-refractivity contribution in [2.75, 3.05) is 13.2 Å². The summed E-state index contributed by atoms with van der Waals surface area (Å²) < 4.78 is 5.30. The van der Waals surface area contributed by atoms with Gasteiger partial charge in [-0.15, -0.1) is 0 Å². The van der Waals surface area contributed by atoms with E-state index in [-0.39, 0.29) is 0 Å². The van der Waals surface area contributed by atoms with Crippen LogP contribution in [0.4, 0.5) is 0 Å². The number of ether oxygens (including phenoxy) is 1. The molecule has 1 heterocycles. The Morgan fingerprint density at radius 2 is 2.17 bits per heavy atom. The van der Waals surface area contributed by atoms with Gasteiger partial charge in [0.15, 0.2) is 0 Å². The Morgan fingerprint density at radius 3 is 2.67 bits per heavy atom. The first kappa shape index (κ1) is 10.0. The van der Waals surface area contributed by atoms with E-state index in [1.54, 1.807) is 0 Å². The first-order valence-electron chi connectivity index (χ1n) is 5.02. The zero-order chi connectivity index (χ0) is 8.97. The summed E-state index contributed by atoms with van der Waals surface area (Å²) >= 11 is 0. The molecule has 2 unspecified atom stereocenters. The predicted molar refractivity (Wildman–Crippen MR) is 51.3 cm³/mol. The van der Waals surface area contributed by atoms with Crippen LogP contribution >= 0.6 is 0 Å². The average molecular weight is 171 g/mol. The SMILES string of the molecule is CC(C)CC(C)NC1CCOC1. The molecule has 0 bridgehead atoms. The third-order valence-corrected chi connectivity index (χ3v) is 2.27. The van der Waals surface area contributed by atoms with Crippen molar-refractivity contribution in [3.63, 3.8) is 0 Å². The first-order valence-corrected chi connectivity index (χ1v) is 5.02. The fraction of sp³-hybridized carbons (Fsp3) is 1.00. The summed E-state index contributed by atoms with van der Waals surface area (Å²) in [6.07, 6.45) is 2.44. The Kier molecular flexibility index (Phi) is 4.02. The molecular formula is C10H21NO. The molecule has 72 valence electrons. The zero-order valence-corrected chi connectivity index (χ0v) is 8.47. The Hall–Kier alpha value is -0.0800. The third kappa shape index (κ3) is 3.55. The van der Waals surface area contributed by atoms with Crippen LogP contribution in [0.25, 0.3) is 0 Å². The van der Waals surface area contributed by atoms with Crippen LogP contribution < -0.4 is 5.32 Å². The van der Waals surface area contributed by atoms with Crippen molar-refractivity contribution >= 4 is 0 Å². The second-order valence-corrected chi connectivity index (χ2v) is 4.26. The fourth-order valence-electron chi connectivity index (χ4n) is 1.84. The molecule has 1 aliphatic heterocycles. The molecule has 2 atom stereocenters. The molecule has 0 saturated carbocycles. The van der Waals surface area contributed by atoms with Crippen LogP contribution in [0.2, 0.25) is 0 Å². The summed E-state index contributed by atoms with van der Waals surface area (Å²) in [5, 5.41) is 3.59. The van der Waals surface area contributed by atoms with Gasteiger partial charge in [0.1, 0.15) is 0 Å². The predicted octanol–water partition coefficient (Wildman–Crippen LogP) is 1.80. The van der Waals surface area contributed by atoms with Gasteiger partial charge in [-0.1, -0.05) is 13.8 Å². The van der Waals surface area contributed by atoms with Gasteiger partial charge < -0.3 is 10.1 Å². The highest BCUT2D eigenvalue weighted by atomic mass is 16.5. The van der Waals surface area contributed by atoms with Gasteiger partial charge in [-0.2, -0.15) is 0 Å². The number of hydrogen-bond donors (Lipinski definition) is 1. The van der Waals surface area contributed by atoms with E-state index in [2.05, 4.69) is 26.1 Å². The van der Waals surface area contributed by atoms with Gasteiger partial charge in [-0.3, -0.25) is 0 Å². The van der Waals surface area contributed by atoms with E-state index in [1.165, 1.54) is 12.8 Å². The summed E-state index contributed by atoms with van der Waals surface area (Å²) in [6.45, 7) is 8.64. The van der Waals surface area contributed by atoms with Crippen LogP contribution in [-0.4, -0.2) is 25.3 Å². The van der Waals surface area contributed by atoms with E-state index in [0.29, 0.717) is 12.1 Å². The molecule has 0 aromatic rings. The topological polar surface area (TPSA) is 21.3 Å². The van der Waals surface area contributed by atoms with Crippen molar-refractivity contribution in [3.8, 4) is 0 Å². The van der Waals surface area contributed by atoms with Crippen molar-refractivity contribution in [1.82, 2.24) is 5.32 Å². The van der Waals surface area contributed by atoms with E-state index in [0.717, 1.165) is 19.1 Å².